The number of carbonyl (C=O) groups excluding carboxylic acids is 2. The van der Waals surface area contributed by atoms with E-state index in [4.69, 9.17) is 9.47 Å². The number of carbonyl (C=O) groups is 3. The fourth-order valence-corrected chi connectivity index (χ4v) is 3.70. The van der Waals surface area contributed by atoms with Crippen LogP contribution < -0.4 is 4.74 Å². The third kappa shape index (κ3) is 4.62. The first kappa shape index (κ1) is 21.4. The van der Waals surface area contributed by atoms with Crippen LogP contribution in [0.1, 0.15) is 34.8 Å². The summed E-state index contributed by atoms with van der Waals surface area (Å²) in [6.07, 6.45) is 0.733. The number of carboxylic acid groups (broad SMARTS) is 1. The molecule has 7 nitrogen and oxygen atoms in total. The van der Waals surface area contributed by atoms with Crippen LogP contribution in [0.25, 0.3) is 0 Å². The number of hydrogen-bond acceptors (Lipinski definition) is 5. The smallest absolute Gasteiger partial charge is 0.416 e. The molecule has 2 atom stereocenters. The first-order valence-corrected chi connectivity index (χ1v) is 9.88. The van der Waals surface area contributed by atoms with Crippen molar-refractivity contribution in [1.82, 2.24) is 4.90 Å². The summed E-state index contributed by atoms with van der Waals surface area (Å²) < 4.78 is 10.3. The van der Waals surface area contributed by atoms with Gasteiger partial charge in [0.15, 0.2) is 0 Å². The number of methoxy groups -OCH3 is 1. The fourth-order valence-electron chi connectivity index (χ4n) is 3.70. The lowest BCUT2D eigenvalue weighted by atomic mass is 9.93. The lowest BCUT2D eigenvalue weighted by molar-refractivity contribution is -0.133. The maximum absolute atomic E-state index is 13.2. The molecule has 0 aliphatic carbocycles. The van der Waals surface area contributed by atoms with Crippen molar-refractivity contribution in [3.8, 4) is 5.75 Å². The van der Waals surface area contributed by atoms with E-state index >= 15 is 0 Å². The Bertz CT molecular complexity index is 927. The number of hydrogen-bond donors (Lipinski definition) is 1. The van der Waals surface area contributed by atoms with E-state index in [0.717, 1.165) is 5.56 Å². The number of benzene rings is 2. The zero-order chi connectivity index (χ0) is 21.7. The molecule has 0 saturated carbocycles. The fraction of sp³-hybridized carbons (Fsp3) is 0.348. The van der Waals surface area contributed by atoms with Crippen LogP contribution in [0.3, 0.4) is 0 Å². The molecule has 1 fully saturated rings. The molecule has 0 radical (unpaired) electrons. The average Bonchev–Trinajstić information content (AvgIpc) is 3.11. The number of aromatic carboxylic acids is 1. The normalized spacial score (nSPS) is 16.8. The molecule has 7 heteroatoms. The maximum atomic E-state index is 13.2. The molecule has 0 unspecified atom stereocenters. The Labute approximate surface area is 175 Å². The Morgan fingerprint density at radius 3 is 2.57 bits per heavy atom. The number of ether oxygens (including phenoxy) is 2. The highest BCUT2D eigenvalue weighted by Gasteiger charge is 2.40. The van der Waals surface area contributed by atoms with Gasteiger partial charge in [-0.15, -0.1) is 0 Å². The maximum Gasteiger partial charge on any atom is 0.416 e. The van der Waals surface area contributed by atoms with Crippen molar-refractivity contribution in [2.24, 2.45) is 5.92 Å². The van der Waals surface area contributed by atoms with Crippen molar-refractivity contribution in [3.63, 3.8) is 0 Å². The van der Waals surface area contributed by atoms with Crippen molar-refractivity contribution in [2.75, 3.05) is 13.7 Å². The first-order valence-electron chi connectivity index (χ1n) is 9.88. The van der Waals surface area contributed by atoms with Crippen molar-refractivity contribution in [1.29, 1.82) is 0 Å². The second-order valence-electron chi connectivity index (χ2n) is 7.28. The van der Waals surface area contributed by atoms with E-state index in [1.807, 2.05) is 37.3 Å². The lowest BCUT2D eigenvalue weighted by Gasteiger charge is -2.24. The summed E-state index contributed by atoms with van der Waals surface area (Å²) in [5, 5.41) is 9.39. The summed E-state index contributed by atoms with van der Waals surface area (Å²) in [6.45, 7) is 2.04. The summed E-state index contributed by atoms with van der Waals surface area (Å²) in [5.41, 5.74) is 1.76. The molecule has 0 bridgehead atoms. The minimum atomic E-state index is -1.10. The third-order valence-corrected chi connectivity index (χ3v) is 5.33. The van der Waals surface area contributed by atoms with Gasteiger partial charge in [0.1, 0.15) is 17.9 Å². The Morgan fingerprint density at radius 2 is 1.93 bits per heavy atom. The molecule has 158 valence electrons. The molecule has 2 amide bonds. The average molecular weight is 411 g/mol. The van der Waals surface area contributed by atoms with Gasteiger partial charge in [-0.25, -0.2) is 14.5 Å². The molecule has 2 aromatic carbocycles. The molecular weight excluding hydrogens is 386 g/mol. The Hall–Kier alpha value is -3.35. The number of cyclic esters (lactones) is 1. The van der Waals surface area contributed by atoms with E-state index in [0.29, 0.717) is 24.8 Å². The molecule has 1 aliphatic rings. The molecular formula is C23H25NO6. The summed E-state index contributed by atoms with van der Waals surface area (Å²) in [7, 11) is 1.41. The number of imide groups is 1. The van der Waals surface area contributed by atoms with E-state index in [1.165, 1.54) is 18.1 Å². The molecule has 3 rings (SSSR count). The second kappa shape index (κ2) is 9.43. The topological polar surface area (TPSA) is 93.1 Å². The molecule has 0 spiro atoms. The van der Waals surface area contributed by atoms with Gasteiger partial charge in [-0.2, -0.15) is 0 Å². The second-order valence-corrected chi connectivity index (χ2v) is 7.28. The van der Waals surface area contributed by atoms with Crippen LogP contribution in [0.4, 0.5) is 4.79 Å². The minimum absolute atomic E-state index is 0.0415. The van der Waals surface area contributed by atoms with Gasteiger partial charge in [-0.05, 0) is 42.5 Å². The van der Waals surface area contributed by atoms with Gasteiger partial charge in [-0.3, -0.25) is 4.79 Å². The largest absolute Gasteiger partial charge is 0.496 e. The van der Waals surface area contributed by atoms with Crippen LogP contribution in [0.2, 0.25) is 0 Å². The van der Waals surface area contributed by atoms with E-state index < -0.39 is 18.0 Å². The predicted octanol–water partition coefficient (Wildman–Crippen LogP) is 3.55. The zero-order valence-electron chi connectivity index (χ0n) is 17.0. The van der Waals surface area contributed by atoms with Gasteiger partial charge in [0.2, 0.25) is 5.91 Å². The molecule has 0 aromatic heterocycles. The van der Waals surface area contributed by atoms with Crippen molar-refractivity contribution < 1.29 is 29.0 Å². The van der Waals surface area contributed by atoms with Crippen LogP contribution in [-0.4, -0.2) is 47.7 Å². The van der Waals surface area contributed by atoms with Crippen LogP contribution >= 0.6 is 0 Å². The molecule has 1 saturated heterocycles. The molecule has 1 N–H and O–H groups in total. The van der Waals surface area contributed by atoms with Gasteiger partial charge in [0.25, 0.3) is 0 Å². The number of amides is 2. The quantitative estimate of drug-likeness (QED) is 0.714. The van der Waals surface area contributed by atoms with Crippen molar-refractivity contribution in [2.45, 2.75) is 32.2 Å². The minimum Gasteiger partial charge on any atom is -0.496 e. The SMILES string of the molecule is CC[C@H](Cc1ccc(OC)c(C(=O)O)c1)C(=O)N1C(=O)OC[C@@H]1Cc1ccccc1. The Balaban J connectivity index is 1.78. The highest BCUT2D eigenvalue weighted by Crippen LogP contribution is 2.26. The highest BCUT2D eigenvalue weighted by molar-refractivity contribution is 5.95. The summed E-state index contributed by atoms with van der Waals surface area (Å²) in [5.74, 6) is -1.60. The van der Waals surface area contributed by atoms with Gasteiger partial charge >= 0.3 is 12.1 Å². The molecule has 30 heavy (non-hydrogen) atoms. The van der Waals surface area contributed by atoms with E-state index in [1.54, 1.807) is 12.1 Å². The van der Waals surface area contributed by atoms with Gasteiger partial charge in [0.05, 0.1) is 13.2 Å². The van der Waals surface area contributed by atoms with Crippen LogP contribution in [0.15, 0.2) is 48.5 Å². The third-order valence-electron chi connectivity index (χ3n) is 5.33. The number of carboxylic acids is 1. The number of nitrogens with zero attached hydrogens (tertiary/aromatic N) is 1. The summed E-state index contributed by atoms with van der Waals surface area (Å²) in [4.78, 5) is 38.2. The van der Waals surface area contributed by atoms with E-state index in [-0.39, 0.29) is 29.9 Å². The Morgan fingerprint density at radius 1 is 1.20 bits per heavy atom. The van der Waals surface area contributed by atoms with Crippen molar-refractivity contribution in [3.05, 3.63) is 65.2 Å². The molecule has 1 heterocycles. The predicted molar refractivity (Wildman–Crippen MR) is 110 cm³/mol. The summed E-state index contributed by atoms with van der Waals surface area (Å²) >= 11 is 0. The molecule has 1 aliphatic heterocycles. The van der Waals surface area contributed by atoms with Crippen LogP contribution in [0.5, 0.6) is 5.75 Å². The van der Waals surface area contributed by atoms with Crippen molar-refractivity contribution >= 4 is 18.0 Å². The monoisotopic (exact) mass is 411 g/mol. The standard InChI is InChI=1S/C23H25NO6/c1-3-17(11-16-9-10-20(29-2)19(13-16)22(26)27)21(25)24-18(14-30-23(24)28)12-15-7-5-4-6-8-15/h4-10,13,17-18H,3,11-12,14H2,1-2H3,(H,26,27)/t17-,18+/m1/s1. The van der Waals surface area contributed by atoms with Crippen LogP contribution in [-0.2, 0) is 22.4 Å². The lowest BCUT2D eigenvalue weighted by Crippen LogP contribution is -2.44. The zero-order valence-corrected chi connectivity index (χ0v) is 17.0. The van der Waals surface area contributed by atoms with E-state index in [9.17, 15) is 19.5 Å². The summed E-state index contributed by atoms with van der Waals surface area (Å²) in [6, 6.07) is 14.1. The van der Waals surface area contributed by atoms with Gasteiger partial charge < -0.3 is 14.6 Å². The Kier molecular flexibility index (Phi) is 6.72. The molecule has 2 aromatic rings. The first-order chi connectivity index (χ1) is 14.4. The van der Waals surface area contributed by atoms with Crippen LogP contribution in [0, 0.1) is 5.92 Å². The highest BCUT2D eigenvalue weighted by atomic mass is 16.6. The number of rotatable bonds is 8. The van der Waals surface area contributed by atoms with Gasteiger partial charge in [0, 0.05) is 5.92 Å². The van der Waals surface area contributed by atoms with Gasteiger partial charge in [-0.1, -0.05) is 43.3 Å². The van der Waals surface area contributed by atoms with E-state index in [2.05, 4.69) is 0 Å².